The van der Waals surface area contributed by atoms with Crippen molar-refractivity contribution in [2.45, 2.75) is 32.6 Å². The van der Waals surface area contributed by atoms with Crippen LogP contribution < -0.4 is 0 Å². The second kappa shape index (κ2) is 6.79. The maximum Gasteiger partial charge on any atom is 0.413 e. The first-order chi connectivity index (χ1) is 10.8. The molecule has 1 amide bonds. The van der Waals surface area contributed by atoms with Gasteiger partial charge in [-0.2, -0.15) is 18.3 Å². The molecule has 1 aliphatic rings. The van der Waals surface area contributed by atoms with Gasteiger partial charge in [0.15, 0.2) is 0 Å². The molecular formula is C14H16F3N3O2S. The van der Waals surface area contributed by atoms with Crippen LogP contribution in [0.25, 0.3) is 0 Å². The van der Waals surface area contributed by atoms with Crippen molar-refractivity contribution >= 4 is 17.9 Å². The molecule has 0 spiro atoms. The molecule has 0 saturated heterocycles. The van der Waals surface area contributed by atoms with Gasteiger partial charge in [-0.05, 0) is 6.92 Å². The van der Waals surface area contributed by atoms with Gasteiger partial charge in [-0.3, -0.25) is 4.79 Å². The van der Waals surface area contributed by atoms with Crippen LogP contribution in [-0.2, 0) is 17.9 Å². The molecule has 1 aromatic rings. The van der Waals surface area contributed by atoms with Crippen LogP contribution in [0.3, 0.4) is 0 Å². The number of alkyl halides is 3. The summed E-state index contributed by atoms with van der Waals surface area (Å²) in [7, 11) is 0. The number of hydrogen-bond donors (Lipinski definition) is 1. The molecule has 126 valence electrons. The number of allylic oxidation sites excluding steroid dienone is 2. The van der Waals surface area contributed by atoms with Gasteiger partial charge in [0.05, 0.1) is 18.8 Å². The molecule has 0 aliphatic carbocycles. The SMILES string of the molecule is C=C/C(Sn1cc2c(n1)CN(C(=O)CCO)C2)=C(\C)C(F)(F)F. The number of fused-ring (bicyclic) bond motifs is 1. The van der Waals surface area contributed by atoms with Crippen molar-refractivity contribution in [2.75, 3.05) is 6.61 Å². The average molecular weight is 347 g/mol. The van der Waals surface area contributed by atoms with E-state index >= 15 is 0 Å². The van der Waals surface area contributed by atoms with Crippen molar-refractivity contribution in [2.24, 2.45) is 0 Å². The molecule has 2 rings (SSSR count). The van der Waals surface area contributed by atoms with E-state index in [9.17, 15) is 18.0 Å². The van der Waals surface area contributed by atoms with E-state index in [1.807, 2.05) is 0 Å². The molecule has 0 saturated carbocycles. The highest BCUT2D eigenvalue weighted by molar-refractivity contribution is 8.01. The number of amides is 1. The number of hydrogen-bond acceptors (Lipinski definition) is 4. The van der Waals surface area contributed by atoms with E-state index in [0.717, 1.165) is 30.5 Å². The van der Waals surface area contributed by atoms with Crippen molar-refractivity contribution in [1.82, 2.24) is 14.1 Å². The third-order valence-electron chi connectivity index (χ3n) is 3.41. The molecule has 0 bridgehead atoms. The highest BCUT2D eigenvalue weighted by atomic mass is 32.2. The first-order valence-corrected chi connectivity index (χ1v) is 7.58. The fourth-order valence-electron chi connectivity index (χ4n) is 2.10. The summed E-state index contributed by atoms with van der Waals surface area (Å²) in [5.41, 5.74) is 0.710. The summed E-state index contributed by atoms with van der Waals surface area (Å²) in [4.78, 5) is 13.2. The molecule has 5 nitrogen and oxygen atoms in total. The Morgan fingerprint density at radius 3 is 2.74 bits per heavy atom. The molecule has 0 unspecified atom stereocenters. The second-order valence-corrected chi connectivity index (χ2v) is 6.01. The number of nitrogens with zero attached hydrogens (tertiary/aromatic N) is 3. The van der Waals surface area contributed by atoms with E-state index < -0.39 is 11.7 Å². The Morgan fingerprint density at radius 2 is 2.22 bits per heavy atom. The summed E-state index contributed by atoms with van der Waals surface area (Å²) in [5.74, 6) is -0.177. The second-order valence-electron chi connectivity index (χ2n) is 5.01. The van der Waals surface area contributed by atoms with Gasteiger partial charge in [-0.25, -0.2) is 4.09 Å². The van der Waals surface area contributed by atoms with Gasteiger partial charge in [-0.1, -0.05) is 12.7 Å². The first-order valence-electron chi connectivity index (χ1n) is 6.81. The minimum absolute atomic E-state index is 0.0214. The lowest BCUT2D eigenvalue weighted by Gasteiger charge is -2.15. The fraction of sp³-hybridized carbons (Fsp3) is 0.429. The van der Waals surface area contributed by atoms with Gasteiger partial charge in [0.1, 0.15) is 0 Å². The van der Waals surface area contributed by atoms with Crippen molar-refractivity contribution in [3.8, 4) is 0 Å². The van der Waals surface area contributed by atoms with Gasteiger partial charge in [0, 0.05) is 47.2 Å². The Morgan fingerprint density at radius 1 is 1.52 bits per heavy atom. The van der Waals surface area contributed by atoms with Crippen LogP contribution in [-0.4, -0.2) is 37.9 Å². The van der Waals surface area contributed by atoms with Crippen LogP contribution in [0.2, 0.25) is 0 Å². The molecule has 9 heteroatoms. The summed E-state index contributed by atoms with van der Waals surface area (Å²) in [6.45, 7) is 4.84. The predicted molar refractivity (Wildman–Crippen MR) is 80.1 cm³/mol. The normalized spacial score (nSPS) is 15.4. The number of aromatic nitrogens is 2. The zero-order valence-corrected chi connectivity index (χ0v) is 13.2. The number of carbonyl (C=O) groups excluding carboxylic acids is 1. The van der Waals surface area contributed by atoms with Crippen molar-refractivity contribution in [3.05, 3.63) is 40.6 Å². The van der Waals surface area contributed by atoms with Crippen molar-refractivity contribution < 1.29 is 23.1 Å². The number of aliphatic hydroxyl groups is 1. The summed E-state index contributed by atoms with van der Waals surface area (Å²) >= 11 is 0.832. The maximum absolute atomic E-state index is 12.8. The highest BCUT2D eigenvalue weighted by Gasteiger charge is 2.33. The lowest BCUT2D eigenvalue weighted by atomic mass is 10.3. The highest BCUT2D eigenvalue weighted by Crippen LogP contribution is 2.34. The third kappa shape index (κ3) is 3.97. The molecule has 1 aromatic heterocycles. The zero-order valence-electron chi connectivity index (χ0n) is 12.4. The number of halogens is 3. The lowest BCUT2D eigenvalue weighted by Crippen LogP contribution is -2.26. The minimum Gasteiger partial charge on any atom is -0.396 e. The molecular weight excluding hydrogens is 331 g/mol. The number of aliphatic hydroxyl groups excluding tert-OH is 1. The average Bonchev–Trinajstić information content (AvgIpc) is 3.01. The van der Waals surface area contributed by atoms with Crippen LogP contribution in [0.1, 0.15) is 24.6 Å². The van der Waals surface area contributed by atoms with Crippen LogP contribution in [0.15, 0.2) is 29.3 Å². The van der Waals surface area contributed by atoms with Crippen LogP contribution in [0.5, 0.6) is 0 Å². The number of carbonyl (C=O) groups is 1. The van der Waals surface area contributed by atoms with E-state index in [4.69, 9.17) is 5.11 Å². The predicted octanol–water partition coefficient (Wildman–Crippen LogP) is 2.63. The summed E-state index contributed by atoms with van der Waals surface area (Å²) in [5, 5.41) is 13.0. The van der Waals surface area contributed by atoms with E-state index in [-0.39, 0.29) is 23.8 Å². The quantitative estimate of drug-likeness (QED) is 0.832. The van der Waals surface area contributed by atoms with Crippen LogP contribution in [0, 0.1) is 0 Å². The van der Waals surface area contributed by atoms with E-state index in [1.165, 1.54) is 4.09 Å². The molecule has 1 N–H and O–H groups in total. The van der Waals surface area contributed by atoms with Gasteiger partial charge < -0.3 is 10.0 Å². The smallest absolute Gasteiger partial charge is 0.396 e. The summed E-state index contributed by atoms with van der Waals surface area (Å²) in [6.07, 6.45) is -1.61. The Kier molecular flexibility index (Phi) is 5.20. The fourth-order valence-corrected chi connectivity index (χ4v) is 2.95. The molecule has 0 aromatic carbocycles. The molecule has 0 fully saturated rings. The van der Waals surface area contributed by atoms with Gasteiger partial charge in [0.25, 0.3) is 0 Å². The largest absolute Gasteiger partial charge is 0.413 e. The monoisotopic (exact) mass is 347 g/mol. The van der Waals surface area contributed by atoms with Crippen molar-refractivity contribution in [1.29, 1.82) is 0 Å². The molecule has 23 heavy (non-hydrogen) atoms. The molecule has 2 heterocycles. The standard InChI is InChI=1S/C14H16F3N3O2S/c1-3-12(9(2)14(15,16)17)23-20-7-10-6-19(8-11(10)18-20)13(22)4-5-21/h3,7,21H,1,4-6,8H2,2H3/b12-9-. The number of rotatable bonds is 5. The van der Waals surface area contributed by atoms with Gasteiger partial charge >= 0.3 is 6.18 Å². The van der Waals surface area contributed by atoms with Gasteiger partial charge in [-0.15, -0.1) is 0 Å². The zero-order chi connectivity index (χ0) is 17.2. The summed E-state index contributed by atoms with van der Waals surface area (Å²) in [6, 6.07) is 0. The summed E-state index contributed by atoms with van der Waals surface area (Å²) < 4.78 is 39.6. The third-order valence-corrected chi connectivity index (χ3v) is 4.45. The van der Waals surface area contributed by atoms with Crippen LogP contribution in [0.4, 0.5) is 13.2 Å². The molecule has 1 aliphatic heterocycles. The Balaban J connectivity index is 2.11. The minimum atomic E-state index is -4.42. The molecule has 0 atom stereocenters. The van der Waals surface area contributed by atoms with Crippen molar-refractivity contribution in [3.63, 3.8) is 0 Å². The Hall–Kier alpha value is -1.74. The lowest BCUT2D eigenvalue weighted by molar-refractivity contribution is -0.132. The van der Waals surface area contributed by atoms with Gasteiger partial charge in [0.2, 0.25) is 5.91 Å². The van der Waals surface area contributed by atoms with E-state index in [0.29, 0.717) is 18.8 Å². The Labute approximate surface area is 135 Å². The molecule has 0 radical (unpaired) electrons. The van der Waals surface area contributed by atoms with E-state index in [2.05, 4.69) is 11.7 Å². The topological polar surface area (TPSA) is 58.4 Å². The van der Waals surface area contributed by atoms with E-state index in [1.54, 1.807) is 11.1 Å². The maximum atomic E-state index is 12.8. The first kappa shape index (κ1) is 17.6. The Bertz CT molecular complexity index is 629. The van der Waals surface area contributed by atoms with Crippen LogP contribution >= 0.6 is 11.9 Å².